The van der Waals surface area contributed by atoms with Gasteiger partial charge in [0.1, 0.15) is 0 Å². The highest BCUT2D eigenvalue weighted by Gasteiger charge is 2.19. The van der Waals surface area contributed by atoms with Gasteiger partial charge in [0, 0.05) is 50.8 Å². The zero-order chi connectivity index (χ0) is 19.5. The lowest BCUT2D eigenvalue weighted by Crippen LogP contribution is -2.33. The first-order valence-electron chi connectivity index (χ1n) is 9.95. The van der Waals surface area contributed by atoms with Gasteiger partial charge in [0.15, 0.2) is 0 Å². The van der Waals surface area contributed by atoms with Crippen molar-refractivity contribution in [2.24, 2.45) is 0 Å². The summed E-state index contributed by atoms with van der Waals surface area (Å²) in [6, 6.07) is 5.27. The van der Waals surface area contributed by atoms with E-state index in [9.17, 15) is 9.59 Å². The highest BCUT2D eigenvalue weighted by atomic mass is 16.5. The Balaban J connectivity index is 2.12. The monoisotopic (exact) mass is 376 g/mol. The second-order valence-corrected chi connectivity index (χ2v) is 6.57. The summed E-state index contributed by atoms with van der Waals surface area (Å²) >= 11 is 0. The number of anilines is 2. The Labute approximate surface area is 161 Å². The summed E-state index contributed by atoms with van der Waals surface area (Å²) < 4.78 is 5.31. The molecule has 1 saturated heterocycles. The fourth-order valence-electron chi connectivity index (χ4n) is 3.16. The van der Waals surface area contributed by atoms with E-state index in [0.717, 1.165) is 38.0 Å². The van der Waals surface area contributed by atoms with Gasteiger partial charge >= 0.3 is 6.03 Å². The molecule has 27 heavy (non-hydrogen) atoms. The van der Waals surface area contributed by atoms with E-state index < -0.39 is 0 Å². The van der Waals surface area contributed by atoms with Crippen LogP contribution in [0.2, 0.25) is 0 Å². The van der Waals surface area contributed by atoms with E-state index in [2.05, 4.69) is 20.9 Å². The maximum Gasteiger partial charge on any atom is 0.319 e. The number of carbonyl (C=O) groups is 2. The summed E-state index contributed by atoms with van der Waals surface area (Å²) in [7, 11) is 0. The Kier molecular flexibility index (Phi) is 8.91. The number of hydrogen-bond donors (Lipinski definition) is 3. The molecular weight excluding hydrogens is 344 g/mol. The molecule has 7 heteroatoms. The van der Waals surface area contributed by atoms with Crippen molar-refractivity contribution in [2.75, 3.05) is 49.6 Å². The maximum absolute atomic E-state index is 12.8. The van der Waals surface area contributed by atoms with E-state index in [0.29, 0.717) is 37.6 Å². The molecule has 3 N–H and O–H groups in total. The molecule has 0 unspecified atom stereocenters. The quantitative estimate of drug-likeness (QED) is 0.579. The van der Waals surface area contributed by atoms with Crippen LogP contribution in [0.1, 0.15) is 49.9 Å². The highest BCUT2D eigenvalue weighted by molar-refractivity contribution is 6.02. The molecule has 1 aromatic carbocycles. The number of piperidine rings is 1. The first-order chi connectivity index (χ1) is 13.2. The number of ether oxygens (including phenoxy) is 1. The van der Waals surface area contributed by atoms with E-state index in [1.54, 1.807) is 6.07 Å². The summed E-state index contributed by atoms with van der Waals surface area (Å²) in [6.45, 7) is 8.14. The van der Waals surface area contributed by atoms with Gasteiger partial charge in [-0.3, -0.25) is 4.79 Å². The molecule has 1 aliphatic heterocycles. The highest BCUT2D eigenvalue weighted by Crippen LogP contribution is 2.27. The van der Waals surface area contributed by atoms with Gasteiger partial charge in [-0.15, -0.1) is 0 Å². The van der Waals surface area contributed by atoms with Gasteiger partial charge in [0.05, 0.1) is 5.56 Å². The minimum absolute atomic E-state index is 0.119. The zero-order valence-corrected chi connectivity index (χ0v) is 16.5. The van der Waals surface area contributed by atoms with Crippen molar-refractivity contribution in [1.29, 1.82) is 0 Å². The van der Waals surface area contributed by atoms with Gasteiger partial charge in [-0.1, -0.05) is 0 Å². The SMILES string of the molecule is CCNC(=O)Nc1ccc(N2CCCCC2)c(C(=O)NCCCOCC)c1. The fraction of sp³-hybridized carbons (Fsp3) is 0.600. The average Bonchev–Trinajstić information content (AvgIpc) is 2.68. The molecule has 150 valence electrons. The van der Waals surface area contributed by atoms with Crippen LogP contribution in [0.5, 0.6) is 0 Å². The lowest BCUT2D eigenvalue weighted by molar-refractivity contribution is 0.0944. The molecular formula is C20H32N4O3. The second kappa shape index (κ2) is 11.4. The molecule has 3 amide bonds. The standard InChI is InChI=1S/C20H32N4O3/c1-3-21-20(26)23-16-9-10-18(24-12-6-5-7-13-24)17(15-16)19(25)22-11-8-14-27-4-2/h9-10,15H,3-8,11-14H2,1-2H3,(H,22,25)(H2,21,23,26). The summed E-state index contributed by atoms with van der Waals surface area (Å²) in [5, 5.41) is 8.45. The number of amides is 3. The Morgan fingerprint density at radius 2 is 1.89 bits per heavy atom. The number of nitrogens with zero attached hydrogens (tertiary/aromatic N) is 1. The molecule has 2 rings (SSSR count). The van der Waals surface area contributed by atoms with Crippen molar-refractivity contribution < 1.29 is 14.3 Å². The summed E-state index contributed by atoms with van der Waals surface area (Å²) in [4.78, 5) is 26.9. The number of hydrogen-bond acceptors (Lipinski definition) is 4. The Bertz CT molecular complexity index is 615. The molecule has 1 aromatic rings. The molecule has 1 fully saturated rings. The van der Waals surface area contributed by atoms with Crippen LogP contribution >= 0.6 is 0 Å². The van der Waals surface area contributed by atoms with Gasteiger partial charge in [-0.2, -0.15) is 0 Å². The fourth-order valence-corrected chi connectivity index (χ4v) is 3.16. The summed E-state index contributed by atoms with van der Waals surface area (Å²) in [6.07, 6.45) is 4.27. The third kappa shape index (κ3) is 6.75. The number of urea groups is 1. The third-order valence-corrected chi connectivity index (χ3v) is 4.49. The Morgan fingerprint density at radius 3 is 2.59 bits per heavy atom. The molecule has 0 bridgehead atoms. The van der Waals surface area contributed by atoms with Crippen LogP contribution in [0, 0.1) is 0 Å². The number of carbonyl (C=O) groups excluding carboxylic acids is 2. The van der Waals surface area contributed by atoms with Crippen LogP contribution in [0.3, 0.4) is 0 Å². The molecule has 0 saturated carbocycles. The minimum Gasteiger partial charge on any atom is -0.382 e. The smallest absolute Gasteiger partial charge is 0.319 e. The van der Waals surface area contributed by atoms with E-state index in [1.807, 2.05) is 26.0 Å². The van der Waals surface area contributed by atoms with Gasteiger partial charge in [-0.25, -0.2) is 4.79 Å². The van der Waals surface area contributed by atoms with Crippen molar-refractivity contribution in [3.63, 3.8) is 0 Å². The normalized spacial score (nSPS) is 13.9. The lowest BCUT2D eigenvalue weighted by Gasteiger charge is -2.30. The minimum atomic E-state index is -0.272. The predicted octanol–water partition coefficient (Wildman–Crippen LogP) is 2.97. The molecule has 0 aromatic heterocycles. The van der Waals surface area contributed by atoms with Crippen molar-refractivity contribution >= 4 is 23.3 Å². The van der Waals surface area contributed by atoms with E-state index in [4.69, 9.17) is 4.74 Å². The maximum atomic E-state index is 12.8. The molecule has 1 heterocycles. The van der Waals surface area contributed by atoms with Gasteiger partial charge in [0.25, 0.3) is 5.91 Å². The first-order valence-corrected chi connectivity index (χ1v) is 9.95. The zero-order valence-electron chi connectivity index (χ0n) is 16.5. The van der Waals surface area contributed by atoms with Gasteiger partial charge in [0.2, 0.25) is 0 Å². The topological polar surface area (TPSA) is 82.7 Å². The van der Waals surface area contributed by atoms with Gasteiger partial charge in [-0.05, 0) is 57.7 Å². The van der Waals surface area contributed by atoms with E-state index in [1.165, 1.54) is 6.42 Å². The first kappa shape index (κ1) is 21.0. The largest absolute Gasteiger partial charge is 0.382 e. The third-order valence-electron chi connectivity index (χ3n) is 4.49. The van der Waals surface area contributed by atoms with Crippen LogP contribution in [-0.4, -0.2) is 51.3 Å². The number of benzene rings is 1. The number of rotatable bonds is 9. The van der Waals surface area contributed by atoms with E-state index >= 15 is 0 Å². The number of nitrogens with one attached hydrogen (secondary N) is 3. The molecule has 0 spiro atoms. The van der Waals surface area contributed by atoms with Crippen molar-refractivity contribution in [1.82, 2.24) is 10.6 Å². The molecule has 1 aliphatic rings. The van der Waals surface area contributed by atoms with Crippen LogP contribution in [0.25, 0.3) is 0 Å². The molecule has 0 radical (unpaired) electrons. The Hall–Kier alpha value is -2.28. The average molecular weight is 377 g/mol. The van der Waals surface area contributed by atoms with Crippen molar-refractivity contribution in [3.05, 3.63) is 23.8 Å². The molecule has 7 nitrogen and oxygen atoms in total. The second-order valence-electron chi connectivity index (χ2n) is 6.57. The summed E-state index contributed by atoms with van der Waals surface area (Å²) in [5.74, 6) is -0.119. The van der Waals surface area contributed by atoms with Crippen LogP contribution in [-0.2, 0) is 4.74 Å². The van der Waals surface area contributed by atoms with Gasteiger partial charge < -0.3 is 25.6 Å². The van der Waals surface area contributed by atoms with Crippen molar-refractivity contribution in [3.8, 4) is 0 Å². The molecule has 0 atom stereocenters. The van der Waals surface area contributed by atoms with E-state index in [-0.39, 0.29) is 11.9 Å². The Morgan fingerprint density at radius 1 is 1.11 bits per heavy atom. The van der Waals surface area contributed by atoms with Crippen LogP contribution < -0.4 is 20.9 Å². The van der Waals surface area contributed by atoms with Crippen molar-refractivity contribution in [2.45, 2.75) is 39.5 Å². The van der Waals surface area contributed by atoms with Crippen LogP contribution in [0.15, 0.2) is 18.2 Å². The molecule has 0 aliphatic carbocycles. The lowest BCUT2D eigenvalue weighted by atomic mass is 10.1. The predicted molar refractivity (Wildman–Crippen MR) is 109 cm³/mol. The van der Waals surface area contributed by atoms with Crippen LogP contribution in [0.4, 0.5) is 16.2 Å². The summed E-state index contributed by atoms with van der Waals surface area (Å²) in [5.41, 5.74) is 2.14.